The van der Waals surface area contributed by atoms with Crippen molar-refractivity contribution in [1.82, 2.24) is 0 Å². The van der Waals surface area contributed by atoms with Gasteiger partial charge in [-0.1, -0.05) is 28.1 Å². The number of benzene rings is 1. The number of halogens is 1. The molecule has 1 aromatic carbocycles. The third-order valence-electron chi connectivity index (χ3n) is 2.58. The van der Waals surface area contributed by atoms with Crippen molar-refractivity contribution >= 4 is 50.6 Å². The number of hydrogen-bond donors (Lipinski definition) is 1. The van der Waals surface area contributed by atoms with Crippen LogP contribution in [0, 0.1) is 0 Å². The number of rotatable bonds is 2. The molecule has 1 aromatic rings. The summed E-state index contributed by atoms with van der Waals surface area (Å²) in [6.45, 7) is 2.13. The number of nitrogens with two attached hydrogens (primary N) is 1. The van der Waals surface area contributed by atoms with Gasteiger partial charge in [0.2, 0.25) is 0 Å². The van der Waals surface area contributed by atoms with Crippen molar-refractivity contribution in [3.63, 3.8) is 0 Å². The Morgan fingerprint density at radius 1 is 1.38 bits per heavy atom. The molecule has 1 aliphatic rings. The van der Waals surface area contributed by atoms with Crippen molar-refractivity contribution in [3.8, 4) is 0 Å². The molecule has 1 aliphatic heterocycles. The predicted octanol–water partition coefficient (Wildman–Crippen LogP) is 2.64. The summed E-state index contributed by atoms with van der Waals surface area (Å²) in [5.41, 5.74) is 7.89. The lowest BCUT2D eigenvalue weighted by Crippen LogP contribution is -2.34. The Kier molecular flexibility index (Phi) is 4.10. The summed E-state index contributed by atoms with van der Waals surface area (Å²) in [4.78, 5) is 2.83. The van der Waals surface area contributed by atoms with Crippen molar-refractivity contribution in [3.05, 3.63) is 28.2 Å². The number of thioether (sulfide) groups is 1. The molecule has 0 amide bonds. The molecule has 0 unspecified atom stereocenters. The van der Waals surface area contributed by atoms with E-state index in [1.165, 1.54) is 11.5 Å². The van der Waals surface area contributed by atoms with Gasteiger partial charge < -0.3 is 10.6 Å². The fraction of sp³-hybridized carbons (Fsp3) is 0.364. The van der Waals surface area contributed by atoms with Gasteiger partial charge in [-0.25, -0.2) is 0 Å². The van der Waals surface area contributed by atoms with Gasteiger partial charge in [0.25, 0.3) is 0 Å². The Morgan fingerprint density at radius 2 is 2.06 bits per heavy atom. The van der Waals surface area contributed by atoms with E-state index in [0.717, 1.165) is 28.8 Å². The maximum Gasteiger partial charge on any atom is 0.106 e. The van der Waals surface area contributed by atoms with Gasteiger partial charge in [0.05, 0.1) is 0 Å². The van der Waals surface area contributed by atoms with Crippen LogP contribution in [-0.2, 0) is 0 Å². The van der Waals surface area contributed by atoms with Crippen LogP contribution in [0.2, 0.25) is 0 Å². The molecule has 0 saturated carbocycles. The largest absolute Gasteiger partial charge is 0.389 e. The molecule has 5 heteroatoms. The molecule has 2 rings (SSSR count). The lowest BCUT2D eigenvalue weighted by Gasteiger charge is -2.30. The lowest BCUT2D eigenvalue weighted by atomic mass is 10.1. The Balaban J connectivity index is 2.36. The maximum absolute atomic E-state index is 5.76. The summed E-state index contributed by atoms with van der Waals surface area (Å²) in [7, 11) is 0. The van der Waals surface area contributed by atoms with E-state index in [1.54, 1.807) is 0 Å². The van der Waals surface area contributed by atoms with Gasteiger partial charge in [-0.3, -0.25) is 0 Å². The molecule has 0 aliphatic carbocycles. The molecule has 2 nitrogen and oxygen atoms in total. The highest BCUT2D eigenvalue weighted by atomic mass is 79.9. The molecule has 16 heavy (non-hydrogen) atoms. The maximum atomic E-state index is 5.76. The van der Waals surface area contributed by atoms with Crippen molar-refractivity contribution in [2.24, 2.45) is 5.73 Å². The number of nitrogens with zero attached hydrogens (tertiary/aromatic N) is 1. The van der Waals surface area contributed by atoms with Crippen LogP contribution < -0.4 is 10.6 Å². The molecule has 0 atom stereocenters. The fourth-order valence-electron chi connectivity index (χ4n) is 1.78. The quantitative estimate of drug-likeness (QED) is 0.849. The first kappa shape index (κ1) is 12.2. The number of thiocarbonyl (C=S) groups is 1. The third-order valence-corrected chi connectivity index (χ3v) is 4.23. The second kappa shape index (κ2) is 5.38. The van der Waals surface area contributed by atoms with Gasteiger partial charge in [-0.2, -0.15) is 11.8 Å². The summed E-state index contributed by atoms with van der Waals surface area (Å²) < 4.78 is 1.07. The van der Waals surface area contributed by atoms with Gasteiger partial charge in [-0.15, -0.1) is 0 Å². The first-order chi connectivity index (χ1) is 7.68. The molecular weight excluding hydrogens is 304 g/mol. The minimum absolute atomic E-state index is 0.473. The van der Waals surface area contributed by atoms with Crippen LogP contribution in [-0.4, -0.2) is 29.6 Å². The lowest BCUT2D eigenvalue weighted by molar-refractivity contribution is 0.857. The van der Waals surface area contributed by atoms with E-state index < -0.39 is 0 Å². The van der Waals surface area contributed by atoms with E-state index in [2.05, 4.69) is 26.9 Å². The number of anilines is 1. The summed E-state index contributed by atoms with van der Waals surface area (Å²) in [5.74, 6) is 2.34. The molecule has 1 fully saturated rings. The molecule has 1 heterocycles. The van der Waals surface area contributed by atoms with Crippen LogP contribution >= 0.6 is 39.9 Å². The van der Waals surface area contributed by atoms with Crippen LogP contribution in [0.4, 0.5) is 5.69 Å². The first-order valence-corrected chi connectivity index (χ1v) is 7.46. The minimum atomic E-state index is 0.473. The average molecular weight is 317 g/mol. The van der Waals surface area contributed by atoms with E-state index in [-0.39, 0.29) is 0 Å². The normalized spacial score (nSPS) is 16.2. The zero-order valence-corrected chi connectivity index (χ0v) is 12.0. The molecule has 86 valence electrons. The molecule has 0 bridgehead atoms. The second-order valence-electron chi connectivity index (χ2n) is 3.63. The zero-order chi connectivity index (χ0) is 11.5. The first-order valence-electron chi connectivity index (χ1n) is 5.10. The van der Waals surface area contributed by atoms with Gasteiger partial charge in [0.15, 0.2) is 0 Å². The molecule has 2 N–H and O–H groups in total. The Bertz CT molecular complexity index is 403. The Labute approximate surface area is 114 Å². The average Bonchev–Trinajstić information content (AvgIpc) is 2.29. The summed E-state index contributed by atoms with van der Waals surface area (Å²) >= 11 is 10.6. The van der Waals surface area contributed by atoms with E-state index in [4.69, 9.17) is 18.0 Å². The molecule has 0 spiro atoms. The van der Waals surface area contributed by atoms with Crippen LogP contribution in [0.3, 0.4) is 0 Å². The molecule has 0 aromatic heterocycles. The predicted molar refractivity (Wildman–Crippen MR) is 79.6 cm³/mol. The summed E-state index contributed by atoms with van der Waals surface area (Å²) in [6.07, 6.45) is 0. The van der Waals surface area contributed by atoms with E-state index in [9.17, 15) is 0 Å². The smallest absolute Gasteiger partial charge is 0.106 e. The minimum Gasteiger partial charge on any atom is -0.389 e. The van der Waals surface area contributed by atoms with Gasteiger partial charge in [0, 0.05) is 40.3 Å². The van der Waals surface area contributed by atoms with Crippen molar-refractivity contribution in [1.29, 1.82) is 0 Å². The van der Waals surface area contributed by atoms with Gasteiger partial charge in [0.1, 0.15) is 4.99 Å². The number of hydrogen-bond acceptors (Lipinski definition) is 3. The van der Waals surface area contributed by atoms with E-state index in [1.807, 2.05) is 23.9 Å². The second-order valence-corrected chi connectivity index (χ2v) is 6.21. The highest BCUT2D eigenvalue weighted by molar-refractivity contribution is 9.10. The van der Waals surface area contributed by atoms with E-state index >= 15 is 0 Å². The van der Waals surface area contributed by atoms with Crippen LogP contribution in [0.25, 0.3) is 0 Å². The van der Waals surface area contributed by atoms with Crippen molar-refractivity contribution in [2.75, 3.05) is 29.5 Å². The third kappa shape index (κ3) is 2.70. The van der Waals surface area contributed by atoms with E-state index in [0.29, 0.717) is 4.99 Å². The summed E-state index contributed by atoms with van der Waals surface area (Å²) in [6, 6.07) is 6.07. The van der Waals surface area contributed by atoms with Gasteiger partial charge >= 0.3 is 0 Å². The Hall–Kier alpha value is -0.260. The van der Waals surface area contributed by atoms with Crippen LogP contribution in [0.15, 0.2) is 22.7 Å². The van der Waals surface area contributed by atoms with Crippen molar-refractivity contribution in [2.45, 2.75) is 0 Å². The monoisotopic (exact) mass is 316 g/mol. The Morgan fingerprint density at radius 3 is 2.69 bits per heavy atom. The molecule has 1 saturated heterocycles. The molecule has 0 radical (unpaired) electrons. The van der Waals surface area contributed by atoms with Crippen LogP contribution in [0.1, 0.15) is 5.56 Å². The topological polar surface area (TPSA) is 29.3 Å². The SMILES string of the molecule is NC(=S)c1ccc(Br)cc1N1CCSCC1. The van der Waals surface area contributed by atoms with Crippen LogP contribution in [0.5, 0.6) is 0 Å². The molecular formula is C11H13BrN2S2. The highest BCUT2D eigenvalue weighted by Crippen LogP contribution is 2.27. The standard InChI is InChI=1S/C11H13BrN2S2/c12-8-1-2-9(11(13)15)10(7-8)14-3-5-16-6-4-14/h1-2,7H,3-6H2,(H2,13,15). The van der Waals surface area contributed by atoms with Crippen molar-refractivity contribution < 1.29 is 0 Å². The van der Waals surface area contributed by atoms with Gasteiger partial charge in [-0.05, 0) is 18.2 Å². The zero-order valence-electron chi connectivity index (χ0n) is 8.78. The highest BCUT2D eigenvalue weighted by Gasteiger charge is 2.16. The summed E-state index contributed by atoms with van der Waals surface area (Å²) in [5, 5.41) is 0. The fourth-order valence-corrected chi connectivity index (χ4v) is 3.20.